The minimum absolute atomic E-state index is 0.148. The number of esters is 1. The summed E-state index contributed by atoms with van der Waals surface area (Å²) >= 11 is 0. The quantitative estimate of drug-likeness (QED) is 0.673. The number of anilines is 1. The Bertz CT molecular complexity index is 934. The van der Waals surface area contributed by atoms with Gasteiger partial charge in [-0.2, -0.15) is 0 Å². The van der Waals surface area contributed by atoms with Gasteiger partial charge in [0.05, 0.1) is 17.9 Å². The molecule has 1 aliphatic rings. The molecule has 8 nitrogen and oxygen atoms in total. The summed E-state index contributed by atoms with van der Waals surface area (Å²) in [6, 6.07) is 2.01. The Morgan fingerprint density at radius 3 is 2.37 bits per heavy atom. The number of aromatic nitrogens is 3. The smallest absolute Gasteiger partial charge is 0.309 e. The van der Waals surface area contributed by atoms with Crippen LogP contribution in [0.15, 0.2) is 6.07 Å². The summed E-state index contributed by atoms with van der Waals surface area (Å²) in [6.07, 6.45) is 1.19. The minimum atomic E-state index is -0.214. The van der Waals surface area contributed by atoms with Crippen molar-refractivity contribution in [2.24, 2.45) is 5.92 Å². The van der Waals surface area contributed by atoms with Crippen molar-refractivity contribution in [3.8, 4) is 0 Å². The van der Waals surface area contributed by atoms with Gasteiger partial charge in [0.1, 0.15) is 5.82 Å². The number of carbonyl (C=O) groups is 2. The average molecular weight is 414 g/mol. The number of carbonyl (C=O) groups excluding carboxylic acids is 2. The van der Waals surface area contributed by atoms with E-state index in [1.54, 1.807) is 11.8 Å². The number of fused-ring (bicyclic) bond motifs is 1. The molecule has 1 amide bonds. The molecular weight excluding hydrogens is 382 g/mol. The number of amides is 1. The first-order valence-corrected chi connectivity index (χ1v) is 10.8. The average Bonchev–Trinajstić information content (AvgIpc) is 2.73. The molecule has 0 bridgehead atoms. The number of likely N-dealkylation sites (tertiary alicyclic amines) is 1. The second-order valence-electron chi connectivity index (χ2n) is 7.64. The zero-order valence-electron chi connectivity index (χ0n) is 18.6. The van der Waals surface area contributed by atoms with Crippen LogP contribution in [0.5, 0.6) is 0 Å². The summed E-state index contributed by atoms with van der Waals surface area (Å²) < 4.78 is 5.12. The first-order chi connectivity index (χ1) is 14.4. The number of nitrogens with zero attached hydrogens (tertiary/aromatic N) is 5. The maximum absolute atomic E-state index is 13.2. The molecule has 0 aromatic carbocycles. The van der Waals surface area contributed by atoms with Crippen molar-refractivity contribution in [3.05, 3.63) is 23.1 Å². The molecule has 0 radical (unpaired) electrons. The third-order valence-corrected chi connectivity index (χ3v) is 5.63. The van der Waals surface area contributed by atoms with E-state index in [2.05, 4.69) is 33.7 Å². The van der Waals surface area contributed by atoms with E-state index in [4.69, 9.17) is 4.74 Å². The molecule has 0 atom stereocenters. The Kier molecular flexibility index (Phi) is 6.84. The van der Waals surface area contributed by atoms with Crippen molar-refractivity contribution in [1.82, 2.24) is 19.9 Å². The van der Waals surface area contributed by atoms with Crippen LogP contribution in [0.1, 0.15) is 55.5 Å². The van der Waals surface area contributed by atoms with E-state index in [-0.39, 0.29) is 23.6 Å². The van der Waals surface area contributed by atoms with Crippen LogP contribution in [0.2, 0.25) is 0 Å². The van der Waals surface area contributed by atoms with Gasteiger partial charge in [-0.05, 0) is 59.1 Å². The largest absolute Gasteiger partial charge is 0.466 e. The first-order valence-electron chi connectivity index (χ1n) is 10.8. The van der Waals surface area contributed by atoms with E-state index in [0.717, 1.165) is 35.6 Å². The molecule has 8 heteroatoms. The molecule has 0 aliphatic carbocycles. The third-order valence-electron chi connectivity index (χ3n) is 5.63. The molecule has 0 spiro atoms. The van der Waals surface area contributed by atoms with Gasteiger partial charge in [-0.1, -0.05) is 0 Å². The van der Waals surface area contributed by atoms with Crippen molar-refractivity contribution < 1.29 is 14.3 Å². The lowest BCUT2D eigenvalue weighted by Crippen LogP contribution is -2.41. The lowest BCUT2D eigenvalue weighted by atomic mass is 9.97. The normalized spacial score (nSPS) is 14.8. The molecule has 0 saturated carbocycles. The molecule has 3 rings (SSSR count). The van der Waals surface area contributed by atoms with Crippen LogP contribution in [0, 0.1) is 19.8 Å². The summed E-state index contributed by atoms with van der Waals surface area (Å²) in [5, 5.41) is 0.891. The maximum Gasteiger partial charge on any atom is 0.309 e. The van der Waals surface area contributed by atoms with Crippen LogP contribution in [-0.4, -0.2) is 64.5 Å². The van der Waals surface area contributed by atoms with Gasteiger partial charge in [-0.25, -0.2) is 15.0 Å². The Morgan fingerprint density at radius 1 is 1.10 bits per heavy atom. The van der Waals surface area contributed by atoms with Gasteiger partial charge < -0.3 is 14.5 Å². The molecule has 3 heterocycles. The van der Waals surface area contributed by atoms with Gasteiger partial charge in [0.25, 0.3) is 5.91 Å². The van der Waals surface area contributed by atoms with Gasteiger partial charge in [0, 0.05) is 31.9 Å². The minimum Gasteiger partial charge on any atom is -0.466 e. The molecule has 30 heavy (non-hydrogen) atoms. The summed E-state index contributed by atoms with van der Waals surface area (Å²) in [5.41, 5.74) is 2.46. The predicted molar refractivity (Wildman–Crippen MR) is 116 cm³/mol. The van der Waals surface area contributed by atoms with E-state index in [1.807, 2.05) is 19.9 Å². The number of aryl methyl sites for hydroxylation is 2. The Hall–Kier alpha value is -2.77. The van der Waals surface area contributed by atoms with E-state index >= 15 is 0 Å². The summed E-state index contributed by atoms with van der Waals surface area (Å²) in [4.78, 5) is 42.8. The Morgan fingerprint density at radius 2 is 1.77 bits per heavy atom. The highest BCUT2D eigenvalue weighted by molar-refractivity contribution is 5.97. The monoisotopic (exact) mass is 413 g/mol. The van der Waals surface area contributed by atoms with Crippen molar-refractivity contribution in [2.45, 2.75) is 47.5 Å². The van der Waals surface area contributed by atoms with Crippen molar-refractivity contribution in [3.63, 3.8) is 0 Å². The van der Waals surface area contributed by atoms with E-state index in [9.17, 15) is 9.59 Å². The summed E-state index contributed by atoms with van der Waals surface area (Å²) in [5.74, 6) is 0.375. The fourth-order valence-electron chi connectivity index (χ4n) is 4.02. The number of hydrogen-bond acceptors (Lipinski definition) is 7. The van der Waals surface area contributed by atoms with Crippen LogP contribution in [0.25, 0.3) is 11.0 Å². The highest BCUT2D eigenvalue weighted by atomic mass is 16.5. The van der Waals surface area contributed by atoms with E-state index < -0.39 is 0 Å². The molecular formula is C22H31N5O3. The second kappa shape index (κ2) is 9.36. The van der Waals surface area contributed by atoms with Crippen LogP contribution in [0.4, 0.5) is 5.82 Å². The van der Waals surface area contributed by atoms with Crippen LogP contribution >= 0.6 is 0 Å². The van der Waals surface area contributed by atoms with Crippen molar-refractivity contribution in [2.75, 3.05) is 37.7 Å². The first kappa shape index (κ1) is 21.9. The lowest BCUT2D eigenvalue weighted by Gasteiger charge is -2.30. The molecule has 1 saturated heterocycles. The number of hydrogen-bond donors (Lipinski definition) is 0. The van der Waals surface area contributed by atoms with Crippen LogP contribution in [0.3, 0.4) is 0 Å². The maximum atomic E-state index is 13.2. The van der Waals surface area contributed by atoms with Gasteiger partial charge >= 0.3 is 5.97 Å². The van der Waals surface area contributed by atoms with Crippen molar-refractivity contribution in [1.29, 1.82) is 0 Å². The SMILES string of the molecule is CCOC(=O)C1CCN(C(=O)c2nc(N(CC)CC)c3c(C)cc(C)nc3n2)CC1. The van der Waals surface area contributed by atoms with Gasteiger partial charge in [0.2, 0.25) is 5.82 Å². The number of ether oxygens (including phenoxy) is 1. The molecule has 2 aromatic rings. The molecule has 0 N–H and O–H groups in total. The highest BCUT2D eigenvalue weighted by Gasteiger charge is 2.30. The third kappa shape index (κ3) is 4.37. The second-order valence-corrected chi connectivity index (χ2v) is 7.64. The predicted octanol–water partition coefficient (Wildman–Crippen LogP) is 2.90. The topological polar surface area (TPSA) is 88.5 Å². The standard InChI is InChI=1S/C22H31N5O3/c1-6-26(7-2)20-17-14(4)13-15(5)23-18(17)24-19(25-20)21(28)27-11-9-16(10-12-27)22(29)30-8-3/h13,16H,6-12H2,1-5H3. The number of rotatable bonds is 6. The Balaban J connectivity index is 1.92. The Labute approximate surface area is 177 Å². The zero-order valence-corrected chi connectivity index (χ0v) is 18.6. The molecule has 162 valence electrons. The lowest BCUT2D eigenvalue weighted by molar-refractivity contribution is -0.149. The van der Waals surface area contributed by atoms with Crippen molar-refractivity contribution >= 4 is 28.7 Å². The van der Waals surface area contributed by atoms with Gasteiger partial charge in [0.15, 0.2) is 5.65 Å². The van der Waals surface area contributed by atoms with Crippen LogP contribution < -0.4 is 4.90 Å². The highest BCUT2D eigenvalue weighted by Crippen LogP contribution is 2.28. The summed E-state index contributed by atoms with van der Waals surface area (Å²) in [7, 11) is 0. The van der Waals surface area contributed by atoms with Crippen LogP contribution in [-0.2, 0) is 9.53 Å². The van der Waals surface area contributed by atoms with Gasteiger partial charge in [-0.15, -0.1) is 0 Å². The molecule has 1 fully saturated rings. The summed E-state index contributed by atoms with van der Waals surface area (Å²) in [6.45, 7) is 12.8. The fourth-order valence-corrected chi connectivity index (χ4v) is 4.02. The molecule has 0 unspecified atom stereocenters. The molecule has 1 aliphatic heterocycles. The van der Waals surface area contributed by atoms with E-state index in [0.29, 0.717) is 38.2 Å². The fraction of sp³-hybridized carbons (Fsp3) is 0.591. The van der Waals surface area contributed by atoms with E-state index in [1.165, 1.54) is 0 Å². The van der Waals surface area contributed by atoms with Gasteiger partial charge in [-0.3, -0.25) is 9.59 Å². The zero-order chi connectivity index (χ0) is 21.8. The molecule has 2 aromatic heterocycles. The number of piperidine rings is 1. The number of pyridine rings is 1.